The molecule has 0 bridgehead atoms. The van der Waals surface area contributed by atoms with Gasteiger partial charge in [0, 0.05) is 16.7 Å². The van der Waals surface area contributed by atoms with Gasteiger partial charge in [-0.1, -0.05) is 11.6 Å². The van der Waals surface area contributed by atoms with Gasteiger partial charge in [-0.05, 0) is 61.3 Å². The van der Waals surface area contributed by atoms with Crippen LogP contribution in [0.4, 0.5) is 10.5 Å². The first-order valence-corrected chi connectivity index (χ1v) is 9.19. The maximum atomic E-state index is 12.9. The van der Waals surface area contributed by atoms with Gasteiger partial charge in [-0.2, -0.15) is 5.10 Å². The minimum absolute atomic E-state index is 0.208. The fourth-order valence-corrected chi connectivity index (χ4v) is 3.15. The summed E-state index contributed by atoms with van der Waals surface area (Å²) in [5.41, 5.74) is 1.66. The Labute approximate surface area is 164 Å². The van der Waals surface area contributed by atoms with Gasteiger partial charge in [0.05, 0.1) is 24.0 Å². The SMILES string of the molecule is Cc1c(Br)cn2nc(Cl)cc(N(Cc3ccco3)C(=O)OC(C)(C)C)c12. The number of ether oxygens (including phenoxy) is 1. The molecule has 3 aromatic heterocycles. The van der Waals surface area contributed by atoms with Crippen molar-refractivity contribution in [2.24, 2.45) is 0 Å². The van der Waals surface area contributed by atoms with Gasteiger partial charge >= 0.3 is 6.09 Å². The number of nitrogens with zero attached hydrogens (tertiary/aromatic N) is 3. The van der Waals surface area contributed by atoms with Crippen LogP contribution in [0.25, 0.3) is 5.52 Å². The number of carbonyl (C=O) groups excluding carboxylic acids is 1. The molecule has 3 rings (SSSR count). The molecule has 3 heterocycles. The van der Waals surface area contributed by atoms with Crippen molar-refractivity contribution in [3.05, 3.63) is 51.6 Å². The average molecular weight is 441 g/mol. The van der Waals surface area contributed by atoms with Gasteiger partial charge in [-0.15, -0.1) is 0 Å². The van der Waals surface area contributed by atoms with E-state index >= 15 is 0 Å². The third-order valence-electron chi connectivity index (χ3n) is 3.68. The lowest BCUT2D eigenvalue weighted by molar-refractivity contribution is 0.0575. The molecule has 6 nitrogen and oxygen atoms in total. The first-order chi connectivity index (χ1) is 12.2. The third-order valence-corrected chi connectivity index (χ3v) is 4.66. The van der Waals surface area contributed by atoms with Crippen LogP contribution in [0, 0.1) is 6.92 Å². The Balaban J connectivity index is 2.15. The Kier molecular flexibility index (Phi) is 5.03. The van der Waals surface area contributed by atoms with Crippen LogP contribution in [-0.2, 0) is 11.3 Å². The van der Waals surface area contributed by atoms with E-state index < -0.39 is 11.7 Å². The standard InChI is InChI=1S/C18H19BrClN3O3/c1-11-13(19)10-23-16(11)14(8-15(20)21-23)22(9-12-6-5-7-25-12)17(24)26-18(2,3)4/h5-8,10H,9H2,1-4H3. The highest BCUT2D eigenvalue weighted by molar-refractivity contribution is 9.10. The van der Waals surface area contributed by atoms with E-state index in [2.05, 4.69) is 21.0 Å². The molecule has 0 saturated heterocycles. The van der Waals surface area contributed by atoms with Crippen molar-refractivity contribution in [2.45, 2.75) is 39.8 Å². The van der Waals surface area contributed by atoms with Crippen molar-refractivity contribution in [3.63, 3.8) is 0 Å². The summed E-state index contributed by atoms with van der Waals surface area (Å²) in [6, 6.07) is 5.23. The number of furan rings is 1. The van der Waals surface area contributed by atoms with E-state index in [1.54, 1.807) is 35.2 Å². The summed E-state index contributed by atoms with van der Waals surface area (Å²) in [6.07, 6.45) is 2.88. The molecule has 0 N–H and O–H groups in total. The van der Waals surface area contributed by atoms with Crippen LogP contribution in [0.15, 0.2) is 39.5 Å². The molecule has 3 aromatic rings. The zero-order chi connectivity index (χ0) is 19.1. The summed E-state index contributed by atoms with van der Waals surface area (Å²) in [6.45, 7) is 7.62. The number of aryl methyl sites for hydroxylation is 1. The minimum atomic E-state index is -0.636. The smallest absolute Gasteiger partial charge is 0.415 e. The van der Waals surface area contributed by atoms with Crippen molar-refractivity contribution in [3.8, 4) is 0 Å². The molecule has 138 valence electrons. The van der Waals surface area contributed by atoms with E-state index in [9.17, 15) is 4.79 Å². The molecule has 0 saturated carbocycles. The van der Waals surface area contributed by atoms with Gasteiger partial charge in [0.2, 0.25) is 0 Å². The lowest BCUT2D eigenvalue weighted by Crippen LogP contribution is -2.36. The van der Waals surface area contributed by atoms with Crippen molar-refractivity contribution in [2.75, 3.05) is 4.90 Å². The maximum absolute atomic E-state index is 12.9. The predicted octanol–water partition coefficient (Wildman–Crippen LogP) is 5.59. The number of hydrogen-bond donors (Lipinski definition) is 0. The van der Waals surface area contributed by atoms with Crippen LogP contribution in [-0.4, -0.2) is 21.3 Å². The molecule has 0 unspecified atom stereocenters. The first-order valence-electron chi connectivity index (χ1n) is 8.02. The zero-order valence-corrected chi connectivity index (χ0v) is 17.3. The summed E-state index contributed by atoms with van der Waals surface area (Å²) >= 11 is 9.71. The summed E-state index contributed by atoms with van der Waals surface area (Å²) in [5.74, 6) is 0.630. The van der Waals surface area contributed by atoms with Gasteiger partial charge in [0.15, 0.2) is 5.15 Å². The molecule has 26 heavy (non-hydrogen) atoms. The fourth-order valence-electron chi connectivity index (χ4n) is 2.58. The zero-order valence-electron chi connectivity index (χ0n) is 14.9. The van der Waals surface area contributed by atoms with Crippen molar-refractivity contribution < 1.29 is 13.9 Å². The van der Waals surface area contributed by atoms with Gasteiger partial charge in [-0.3, -0.25) is 4.90 Å². The van der Waals surface area contributed by atoms with Crippen LogP contribution in [0.5, 0.6) is 0 Å². The van der Waals surface area contributed by atoms with Crippen LogP contribution in [0.2, 0.25) is 5.15 Å². The number of aromatic nitrogens is 2. The molecule has 8 heteroatoms. The molecule has 0 atom stereocenters. The third kappa shape index (κ3) is 3.88. The first kappa shape index (κ1) is 18.8. The van der Waals surface area contributed by atoms with Crippen LogP contribution >= 0.6 is 27.5 Å². The molecule has 1 amide bonds. The van der Waals surface area contributed by atoms with Crippen molar-refractivity contribution >= 4 is 44.8 Å². The second kappa shape index (κ2) is 6.96. The molecule has 0 aliphatic heterocycles. The highest BCUT2D eigenvalue weighted by Gasteiger charge is 2.27. The summed E-state index contributed by atoms with van der Waals surface area (Å²) in [5, 5.41) is 4.55. The topological polar surface area (TPSA) is 60.0 Å². The number of amides is 1. The fraction of sp³-hybridized carbons (Fsp3) is 0.333. The Bertz CT molecular complexity index is 945. The van der Waals surface area contributed by atoms with Gasteiger partial charge in [-0.25, -0.2) is 9.31 Å². The Hall–Kier alpha value is -1.99. The number of halogens is 2. The van der Waals surface area contributed by atoms with E-state index in [-0.39, 0.29) is 11.7 Å². The van der Waals surface area contributed by atoms with Crippen LogP contribution in [0.1, 0.15) is 32.1 Å². The van der Waals surface area contributed by atoms with Gasteiger partial charge in [0.1, 0.15) is 11.4 Å². The molecule has 0 aliphatic carbocycles. The molecular weight excluding hydrogens is 422 g/mol. The van der Waals surface area contributed by atoms with E-state index in [0.29, 0.717) is 11.4 Å². The Morgan fingerprint density at radius 1 is 1.46 bits per heavy atom. The number of fused-ring (bicyclic) bond motifs is 1. The van der Waals surface area contributed by atoms with E-state index in [0.717, 1.165) is 15.6 Å². The normalized spacial score (nSPS) is 11.8. The summed E-state index contributed by atoms with van der Waals surface area (Å²) in [4.78, 5) is 14.4. The molecular formula is C18H19BrClN3O3. The molecule has 0 fully saturated rings. The van der Waals surface area contributed by atoms with Gasteiger partial charge in [0.25, 0.3) is 0 Å². The Morgan fingerprint density at radius 2 is 2.19 bits per heavy atom. The van der Waals surface area contributed by atoms with Gasteiger partial charge < -0.3 is 9.15 Å². The molecule has 0 radical (unpaired) electrons. The second-order valence-corrected chi connectivity index (χ2v) is 8.13. The highest BCUT2D eigenvalue weighted by Crippen LogP contribution is 2.33. The molecule has 0 aliphatic rings. The lowest BCUT2D eigenvalue weighted by Gasteiger charge is -2.27. The predicted molar refractivity (Wildman–Crippen MR) is 104 cm³/mol. The second-order valence-electron chi connectivity index (χ2n) is 6.89. The van der Waals surface area contributed by atoms with E-state index in [1.807, 2.05) is 27.7 Å². The monoisotopic (exact) mass is 439 g/mol. The molecule has 0 spiro atoms. The van der Waals surface area contributed by atoms with Crippen LogP contribution in [0.3, 0.4) is 0 Å². The number of rotatable bonds is 3. The largest absolute Gasteiger partial charge is 0.467 e. The van der Waals surface area contributed by atoms with Crippen molar-refractivity contribution in [1.29, 1.82) is 0 Å². The lowest BCUT2D eigenvalue weighted by atomic mass is 10.2. The minimum Gasteiger partial charge on any atom is -0.467 e. The number of hydrogen-bond acceptors (Lipinski definition) is 4. The highest BCUT2D eigenvalue weighted by atomic mass is 79.9. The summed E-state index contributed by atoms with van der Waals surface area (Å²) < 4.78 is 13.5. The number of anilines is 1. The Morgan fingerprint density at radius 3 is 2.81 bits per heavy atom. The quantitative estimate of drug-likeness (QED) is 0.532. The van der Waals surface area contributed by atoms with E-state index in [4.69, 9.17) is 20.8 Å². The number of carbonyl (C=O) groups is 1. The summed E-state index contributed by atoms with van der Waals surface area (Å²) in [7, 11) is 0. The molecule has 0 aromatic carbocycles. The average Bonchev–Trinajstić information content (AvgIpc) is 3.11. The van der Waals surface area contributed by atoms with E-state index in [1.165, 1.54) is 4.90 Å². The maximum Gasteiger partial charge on any atom is 0.415 e. The van der Waals surface area contributed by atoms with Crippen LogP contribution < -0.4 is 4.90 Å². The van der Waals surface area contributed by atoms with Crippen molar-refractivity contribution in [1.82, 2.24) is 9.61 Å².